The van der Waals surface area contributed by atoms with Gasteiger partial charge in [0.15, 0.2) is 5.75 Å². The summed E-state index contributed by atoms with van der Waals surface area (Å²) in [6.45, 7) is -0.147. The fourth-order valence-electron chi connectivity index (χ4n) is 1.46. The molecule has 3 N–H and O–H groups in total. The Morgan fingerprint density at radius 1 is 1.06 bits per heavy atom. The van der Waals surface area contributed by atoms with E-state index in [4.69, 9.17) is 15.6 Å². The van der Waals surface area contributed by atoms with Gasteiger partial charge in [0, 0.05) is 5.56 Å². The molecule has 0 aliphatic heterocycles. The lowest BCUT2D eigenvalue weighted by Crippen LogP contribution is -1.97. The molecule has 2 aromatic rings. The van der Waals surface area contributed by atoms with Crippen LogP contribution in [-0.2, 0) is 6.61 Å². The summed E-state index contributed by atoms with van der Waals surface area (Å²) in [5, 5.41) is 9.14. The highest BCUT2D eigenvalue weighted by Crippen LogP contribution is 2.30. The van der Waals surface area contributed by atoms with Gasteiger partial charge in [-0.3, -0.25) is 0 Å². The average molecular weight is 233 g/mol. The number of ether oxygens (including phenoxy) is 1. The molecule has 4 heteroatoms. The first-order valence-electron chi connectivity index (χ1n) is 5.13. The molecule has 2 rings (SSSR count). The molecular weight excluding hydrogens is 221 g/mol. The molecule has 0 aliphatic rings. The van der Waals surface area contributed by atoms with Crippen LogP contribution in [0.15, 0.2) is 42.5 Å². The normalized spacial score (nSPS) is 10.2. The monoisotopic (exact) mass is 233 g/mol. The zero-order valence-electron chi connectivity index (χ0n) is 9.06. The van der Waals surface area contributed by atoms with Crippen molar-refractivity contribution in [2.75, 3.05) is 5.73 Å². The average Bonchev–Trinajstić information content (AvgIpc) is 2.35. The maximum atomic E-state index is 13.2. The Bertz CT molecular complexity index is 529. The van der Waals surface area contributed by atoms with Crippen LogP contribution in [0.1, 0.15) is 5.56 Å². The molecule has 88 valence electrons. The number of hydrogen-bond acceptors (Lipinski definition) is 3. The molecule has 17 heavy (non-hydrogen) atoms. The first kappa shape index (κ1) is 11.4. The lowest BCUT2D eigenvalue weighted by molar-refractivity contribution is 0.276. The Kier molecular flexibility index (Phi) is 3.25. The second-order valence-electron chi connectivity index (χ2n) is 3.52. The number of anilines is 1. The van der Waals surface area contributed by atoms with Crippen molar-refractivity contribution in [2.45, 2.75) is 6.61 Å². The van der Waals surface area contributed by atoms with E-state index in [1.54, 1.807) is 30.3 Å². The van der Waals surface area contributed by atoms with Gasteiger partial charge in [0.2, 0.25) is 0 Å². The van der Waals surface area contributed by atoms with Crippen molar-refractivity contribution in [3.8, 4) is 11.5 Å². The largest absolute Gasteiger partial charge is 0.455 e. The molecule has 0 aliphatic carbocycles. The van der Waals surface area contributed by atoms with Crippen LogP contribution in [0.25, 0.3) is 0 Å². The van der Waals surface area contributed by atoms with Crippen molar-refractivity contribution < 1.29 is 14.2 Å². The fraction of sp³-hybridized carbons (Fsp3) is 0.0769. The number of aliphatic hydroxyl groups excluding tert-OH is 1. The maximum Gasteiger partial charge on any atom is 0.153 e. The van der Waals surface area contributed by atoms with E-state index in [1.807, 2.05) is 0 Å². The standard InChI is InChI=1S/C13H12FNO2/c14-10-5-3-7-12(13(10)15)17-11-6-2-1-4-9(11)8-16/h1-7,16H,8,15H2. The smallest absolute Gasteiger partial charge is 0.153 e. The van der Waals surface area contributed by atoms with E-state index in [2.05, 4.69) is 0 Å². The van der Waals surface area contributed by atoms with E-state index >= 15 is 0 Å². The second kappa shape index (κ2) is 4.84. The van der Waals surface area contributed by atoms with E-state index in [0.717, 1.165) is 0 Å². The van der Waals surface area contributed by atoms with Crippen molar-refractivity contribution in [2.24, 2.45) is 0 Å². The van der Waals surface area contributed by atoms with Crippen LogP contribution in [0.3, 0.4) is 0 Å². The van der Waals surface area contributed by atoms with Crippen molar-refractivity contribution in [3.63, 3.8) is 0 Å². The molecule has 0 saturated heterocycles. The van der Waals surface area contributed by atoms with Gasteiger partial charge in [-0.1, -0.05) is 24.3 Å². The van der Waals surface area contributed by atoms with Crippen LogP contribution in [0, 0.1) is 5.82 Å². The highest BCUT2D eigenvalue weighted by atomic mass is 19.1. The van der Waals surface area contributed by atoms with Crippen LogP contribution < -0.4 is 10.5 Å². The number of para-hydroxylation sites is 2. The van der Waals surface area contributed by atoms with Gasteiger partial charge in [0.1, 0.15) is 17.3 Å². The summed E-state index contributed by atoms with van der Waals surface area (Å²) in [5.41, 5.74) is 6.14. The molecule has 0 spiro atoms. The molecule has 0 bridgehead atoms. The molecule has 0 amide bonds. The van der Waals surface area contributed by atoms with Crippen LogP contribution in [-0.4, -0.2) is 5.11 Å². The van der Waals surface area contributed by atoms with Crippen LogP contribution in [0.2, 0.25) is 0 Å². The van der Waals surface area contributed by atoms with Gasteiger partial charge in [0.05, 0.1) is 6.61 Å². The Morgan fingerprint density at radius 3 is 2.53 bits per heavy atom. The number of nitrogens with two attached hydrogens (primary N) is 1. The predicted octanol–water partition coefficient (Wildman–Crippen LogP) is 2.69. The molecule has 3 nitrogen and oxygen atoms in total. The zero-order chi connectivity index (χ0) is 12.3. The molecule has 0 fully saturated rings. The quantitative estimate of drug-likeness (QED) is 0.801. The van der Waals surface area contributed by atoms with Crippen LogP contribution in [0.4, 0.5) is 10.1 Å². The molecule has 0 radical (unpaired) electrons. The molecule has 0 heterocycles. The summed E-state index contributed by atoms with van der Waals surface area (Å²) < 4.78 is 18.7. The number of hydrogen-bond donors (Lipinski definition) is 2. The van der Waals surface area contributed by atoms with Crippen molar-refractivity contribution >= 4 is 5.69 Å². The van der Waals surface area contributed by atoms with E-state index in [0.29, 0.717) is 11.3 Å². The van der Waals surface area contributed by atoms with Crippen LogP contribution >= 0.6 is 0 Å². The second-order valence-corrected chi connectivity index (χ2v) is 3.52. The third-order valence-corrected chi connectivity index (χ3v) is 2.38. The van der Waals surface area contributed by atoms with Gasteiger partial charge in [-0.2, -0.15) is 0 Å². The summed E-state index contributed by atoms with van der Waals surface area (Å²) >= 11 is 0. The van der Waals surface area contributed by atoms with E-state index < -0.39 is 5.82 Å². The first-order chi connectivity index (χ1) is 8.22. The summed E-state index contributed by atoms with van der Waals surface area (Å²) in [7, 11) is 0. The number of nitrogen functional groups attached to an aromatic ring is 1. The lowest BCUT2D eigenvalue weighted by atomic mass is 10.2. The number of rotatable bonds is 3. The van der Waals surface area contributed by atoms with Gasteiger partial charge in [0.25, 0.3) is 0 Å². The van der Waals surface area contributed by atoms with E-state index in [1.165, 1.54) is 12.1 Å². The molecule has 0 aromatic heterocycles. The number of aliphatic hydroxyl groups is 1. The fourth-order valence-corrected chi connectivity index (χ4v) is 1.46. The molecule has 0 saturated carbocycles. The Hall–Kier alpha value is -2.07. The Balaban J connectivity index is 2.35. The SMILES string of the molecule is Nc1c(F)cccc1Oc1ccccc1CO. The highest BCUT2D eigenvalue weighted by molar-refractivity contribution is 5.55. The molecule has 0 unspecified atom stereocenters. The predicted molar refractivity (Wildman–Crippen MR) is 63.3 cm³/mol. The Morgan fingerprint density at radius 2 is 1.76 bits per heavy atom. The molecule has 0 atom stereocenters. The lowest BCUT2D eigenvalue weighted by Gasteiger charge is -2.11. The van der Waals surface area contributed by atoms with Crippen molar-refractivity contribution in [3.05, 3.63) is 53.8 Å². The van der Waals surface area contributed by atoms with Gasteiger partial charge in [-0.15, -0.1) is 0 Å². The van der Waals surface area contributed by atoms with Crippen molar-refractivity contribution in [1.82, 2.24) is 0 Å². The highest BCUT2D eigenvalue weighted by Gasteiger charge is 2.08. The topological polar surface area (TPSA) is 55.5 Å². The van der Waals surface area contributed by atoms with Gasteiger partial charge in [-0.25, -0.2) is 4.39 Å². The first-order valence-corrected chi connectivity index (χ1v) is 5.13. The summed E-state index contributed by atoms with van der Waals surface area (Å²) in [4.78, 5) is 0. The van der Waals surface area contributed by atoms with E-state index in [-0.39, 0.29) is 18.0 Å². The minimum Gasteiger partial charge on any atom is -0.455 e. The third kappa shape index (κ3) is 2.37. The van der Waals surface area contributed by atoms with Crippen LogP contribution in [0.5, 0.6) is 11.5 Å². The van der Waals surface area contributed by atoms with Gasteiger partial charge >= 0.3 is 0 Å². The number of benzene rings is 2. The zero-order valence-corrected chi connectivity index (χ0v) is 9.06. The van der Waals surface area contributed by atoms with Crippen molar-refractivity contribution in [1.29, 1.82) is 0 Å². The van der Waals surface area contributed by atoms with Gasteiger partial charge in [-0.05, 0) is 18.2 Å². The third-order valence-electron chi connectivity index (χ3n) is 2.38. The Labute approximate surface area is 98.3 Å². The summed E-state index contributed by atoms with van der Waals surface area (Å²) in [6, 6.07) is 11.3. The molecule has 2 aromatic carbocycles. The maximum absolute atomic E-state index is 13.2. The minimum absolute atomic E-state index is 0.0414. The molecular formula is C13H12FNO2. The van der Waals surface area contributed by atoms with E-state index in [9.17, 15) is 4.39 Å². The summed E-state index contributed by atoms with van der Waals surface area (Å²) in [5.74, 6) is 0.183. The summed E-state index contributed by atoms with van der Waals surface area (Å²) in [6.07, 6.45) is 0. The van der Waals surface area contributed by atoms with Gasteiger partial charge < -0.3 is 15.6 Å². The minimum atomic E-state index is -0.524. The number of halogens is 1.